The highest BCUT2D eigenvalue weighted by Gasteiger charge is 2.32. The SMILES string of the molecule is CCNCC1(Cc2ccc(F)cc2Cl)CCCCC1. The first-order valence-electron chi connectivity index (χ1n) is 7.30. The standard InChI is InChI=1S/C16H23ClFN/c1-2-19-12-16(8-4-3-5-9-16)11-13-6-7-14(18)10-15(13)17/h6-7,10,19H,2-5,8-9,11-12H2,1H3. The normalized spacial score (nSPS) is 18.5. The Morgan fingerprint density at radius 2 is 2.00 bits per heavy atom. The summed E-state index contributed by atoms with van der Waals surface area (Å²) in [5.74, 6) is -0.252. The highest BCUT2D eigenvalue weighted by molar-refractivity contribution is 6.31. The van der Waals surface area contributed by atoms with Crippen LogP contribution >= 0.6 is 11.6 Å². The van der Waals surface area contributed by atoms with Crippen LogP contribution in [0, 0.1) is 11.2 Å². The third kappa shape index (κ3) is 3.93. The second-order valence-electron chi connectivity index (χ2n) is 5.75. The summed E-state index contributed by atoms with van der Waals surface area (Å²) in [5, 5.41) is 4.06. The molecule has 0 heterocycles. The zero-order valence-corrected chi connectivity index (χ0v) is 12.4. The van der Waals surface area contributed by atoms with E-state index < -0.39 is 0 Å². The quantitative estimate of drug-likeness (QED) is 0.834. The van der Waals surface area contributed by atoms with Crippen molar-refractivity contribution in [1.82, 2.24) is 5.32 Å². The maximum absolute atomic E-state index is 13.1. The molecule has 0 radical (unpaired) electrons. The van der Waals surface area contributed by atoms with Gasteiger partial charge in [0.25, 0.3) is 0 Å². The van der Waals surface area contributed by atoms with Crippen molar-refractivity contribution >= 4 is 11.6 Å². The summed E-state index contributed by atoms with van der Waals surface area (Å²) in [6.07, 6.45) is 7.37. The first-order chi connectivity index (χ1) is 9.15. The van der Waals surface area contributed by atoms with E-state index in [1.807, 2.05) is 6.07 Å². The molecule has 1 aliphatic rings. The Labute approximate surface area is 120 Å². The first kappa shape index (κ1) is 14.8. The number of rotatable bonds is 5. The molecule has 1 N–H and O–H groups in total. The molecule has 0 aliphatic heterocycles. The van der Waals surface area contributed by atoms with E-state index in [1.54, 1.807) is 0 Å². The molecule has 1 saturated carbocycles. The smallest absolute Gasteiger partial charge is 0.124 e. The summed E-state index contributed by atoms with van der Waals surface area (Å²) in [5.41, 5.74) is 1.39. The van der Waals surface area contributed by atoms with Crippen molar-refractivity contribution in [2.45, 2.75) is 45.4 Å². The Balaban J connectivity index is 2.14. The summed E-state index contributed by atoms with van der Waals surface area (Å²) >= 11 is 6.18. The van der Waals surface area contributed by atoms with E-state index in [4.69, 9.17) is 11.6 Å². The third-order valence-corrected chi connectivity index (χ3v) is 4.60. The predicted molar refractivity (Wildman–Crippen MR) is 79.2 cm³/mol. The number of nitrogens with one attached hydrogen (secondary N) is 1. The van der Waals surface area contributed by atoms with Crippen molar-refractivity contribution in [2.24, 2.45) is 5.41 Å². The van der Waals surface area contributed by atoms with Crippen LogP contribution in [-0.2, 0) is 6.42 Å². The molecule has 0 aromatic heterocycles. The lowest BCUT2D eigenvalue weighted by atomic mass is 9.70. The predicted octanol–water partition coefficient (Wildman–Crippen LogP) is 4.58. The van der Waals surface area contributed by atoms with E-state index in [-0.39, 0.29) is 5.82 Å². The Hall–Kier alpha value is -0.600. The molecule has 0 atom stereocenters. The Morgan fingerprint density at radius 3 is 2.63 bits per heavy atom. The van der Waals surface area contributed by atoms with Gasteiger partial charge < -0.3 is 5.32 Å². The molecule has 19 heavy (non-hydrogen) atoms. The average molecular weight is 284 g/mol. The summed E-state index contributed by atoms with van der Waals surface area (Å²) < 4.78 is 13.1. The maximum Gasteiger partial charge on any atom is 0.124 e. The van der Waals surface area contributed by atoms with Gasteiger partial charge in [0.15, 0.2) is 0 Å². The Morgan fingerprint density at radius 1 is 1.26 bits per heavy atom. The molecule has 1 fully saturated rings. The summed E-state index contributed by atoms with van der Waals surface area (Å²) in [4.78, 5) is 0. The van der Waals surface area contributed by atoms with E-state index in [9.17, 15) is 4.39 Å². The minimum atomic E-state index is -0.252. The number of hydrogen-bond acceptors (Lipinski definition) is 1. The van der Waals surface area contributed by atoms with Gasteiger partial charge in [-0.2, -0.15) is 0 Å². The van der Waals surface area contributed by atoms with Crippen LogP contribution in [0.4, 0.5) is 4.39 Å². The molecule has 0 unspecified atom stereocenters. The monoisotopic (exact) mass is 283 g/mol. The molecule has 1 aromatic rings. The lowest BCUT2D eigenvalue weighted by Gasteiger charge is -2.38. The minimum absolute atomic E-state index is 0.252. The van der Waals surface area contributed by atoms with Gasteiger partial charge in [0.05, 0.1) is 0 Å². The number of benzene rings is 1. The number of hydrogen-bond donors (Lipinski definition) is 1. The largest absolute Gasteiger partial charge is 0.316 e. The van der Waals surface area contributed by atoms with E-state index in [0.29, 0.717) is 10.4 Å². The summed E-state index contributed by atoms with van der Waals surface area (Å²) in [7, 11) is 0. The van der Waals surface area contributed by atoms with Crippen molar-refractivity contribution in [2.75, 3.05) is 13.1 Å². The van der Waals surface area contributed by atoms with Gasteiger partial charge in [-0.05, 0) is 48.9 Å². The lowest BCUT2D eigenvalue weighted by Crippen LogP contribution is -2.38. The van der Waals surface area contributed by atoms with Gasteiger partial charge in [-0.15, -0.1) is 0 Å². The molecule has 1 aromatic carbocycles. The molecule has 0 bridgehead atoms. The molecule has 0 spiro atoms. The van der Waals surface area contributed by atoms with Crippen molar-refractivity contribution in [3.05, 3.63) is 34.6 Å². The van der Waals surface area contributed by atoms with Gasteiger partial charge in [0, 0.05) is 11.6 Å². The Kier molecular flexibility index (Phi) is 5.23. The zero-order chi connectivity index (χ0) is 13.7. The van der Waals surface area contributed by atoms with Crippen molar-refractivity contribution < 1.29 is 4.39 Å². The molecule has 3 heteroatoms. The fraction of sp³-hybridized carbons (Fsp3) is 0.625. The molecular formula is C16H23ClFN. The Bertz CT molecular complexity index is 413. The fourth-order valence-corrected chi connectivity index (χ4v) is 3.41. The van der Waals surface area contributed by atoms with Crippen LogP contribution in [0.15, 0.2) is 18.2 Å². The second-order valence-corrected chi connectivity index (χ2v) is 6.16. The van der Waals surface area contributed by atoms with Gasteiger partial charge >= 0.3 is 0 Å². The average Bonchev–Trinajstić information content (AvgIpc) is 2.41. The van der Waals surface area contributed by atoms with Gasteiger partial charge in [-0.1, -0.05) is 43.9 Å². The van der Waals surface area contributed by atoms with Crippen LogP contribution in [0.25, 0.3) is 0 Å². The molecule has 1 aliphatic carbocycles. The van der Waals surface area contributed by atoms with Crippen molar-refractivity contribution in [3.8, 4) is 0 Å². The number of halogens is 2. The van der Waals surface area contributed by atoms with Gasteiger partial charge in [-0.3, -0.25) is 0 Å². The highest BCUT2D eigenvalue weighted by atomic mass is 35.5. The molecule has 0 amide bonds. The van der Waals surface area contributed by atoms with Gasteiger partial charge in [0.1, 0.15) is 5.82 Å². The van der Waals surface area contributed by atoms with Crippen LogP contribution in [0.2, 0.25) is 5.02 Å². The molecular weight excluding hydrogens is 261 g/mol. The first-order valence-corrected chi connectivity index (χ1v) is 7.68. The van der Waals surface area contributed by atoms with E-state index in [1.165, 1.54) is 44.2 Å². The highest BCUT2D eigenvalue weighted by Crippen LogP contribution is 2.40. The summed E-state index contributed by atoms with van der Waals surface area (Å²) in [6, 6.07) is 4.80. The zero-order valence-electron chi connectivity index (χ0n) is 11.6. The second kappa shape index (κ2) is 6.71. The van der Waals surface area contributed by atoms with Crippen LogP contribution in [0.1, 0.15) is 44.6 Å². The molecule has 2 rings (SSSR count). The van der Waals surface area contributed by atoms with Crippen molar-refractivity contribution in [1.29, 1.82) is 0 Å². The van der Waals surface area contributed by atoms with Crippen LogP contribution in [0.3, 0.4) is 0 Å². The lowest BCUT2D eigenvalue weighted by molar-refractivity contribution is 0.182. The molecule has 1 nitrogen and oxygen atoms in total. The van der Waals surface area contributed by atoms with Crippen LogP contribution in [0.5, 0.6) is 0 Å². The van der Waals surface area contributed by atoms with Crippen LogP contribution in [-0.4, -0.2) is 13.1 Å². The van der Waals surface area contributed by atoms with Crippen molar-refractivity contribution in [3.63, 3.8) is 0 Å². The van der Waals surface area contributed by atoms with E-state index in [0.717, 1.165) is 25.1 Å². The minimum Gasteiger partial charge on any atom is -0.316 e. The molecule has 106 valence electrons. The van der Waals surface area contributed by atoms with Gasteiger partial charge in [-0.25, -0.2) is 4.39 Å². The third-order valence-electron chi connectivity index (χ3n) is 4.24. The van der Waals surface area contributed by atoms with E-state index >= 15 is 0 Å². The van der Waals surface area contributed by atoms with E-state index in [2.05, 4.69) is 12.2 Å². The summed E-state index contributed by atoms with van der Waals surface area (Å²) in [6.45, 7) is 4.18. The fourth-order valence-electron chi connectivity index (χ4n) is 3.18. The van der Waals surface area contributed by atoms with Gasteiger partial charge in [0.2, 0.25) is 0 Å². The maximum atomic E-state index is 13.1. The molecule has 0 saturated heterocycles. The van der Waals surface area contributed by atoms with Crippen LogP contribution < -0.4 is 5.32 Å². The topological polar surface area (TPSA) is 12.0 Å².